The van der Waals surface area contributed by atoms with Crippen molar-refractivity contribution in [3.63, 3.8) is 0 Å². The van der Waals surface area contributed by atoms with Crippen molar-refractivity contribution in [3.8, 4) is 0 Å². The first-order chi connectivity index (χ1) is 8.08. The fourth-order valence-electron chi connectivity index (χ4n) is 2.63. The van der Waals surface area contributed by atoms with E-state index in [4.69, 9.17) is 11.6 Å². The van der Waals surface area contributed by atoms with Gasteiger partial charge in [-0.2, -0.15) is 0 Å². The highest BCUT2D eigenvalue weighted by Crippen LogP contribution is 2.22. The Bertz CT molecular complexity index is 361. The minimum absolute atomic E-state index is 0.611. The third kappa shape index (κ3) is 2.93. The molecule has 0 spiro atoms. The summed E-state index contributed by atoms with van der Waals surface area (Å²) in [6.45, 7) is 10.2. The third-order valence-corrected chi connectivity index (χ3v) is 3.79. The van der Waals surface area contributed by atoms with E-state index in [1.54, 1.807) is 0 Å². The second-order valence-corrected chi connectivity index (χ2v) is 5.54. The summed E-state index contributed by atoms with van der Waals surface area (Å²) in [6.07, 6.45) is 0. The van der Waals surface area contributed by atoms with Gasteiger partial charge in [-0.15, -0.1) is 0 Å². The summed E-state index contributed by atoms with van der Waals surface area (Å²) in [4.78, 5) is 5.01. The molecule has 1 fully saturated rings. The first kappa shape index (κ1) is 12.7. The number of anilines is 1. The van der Waals surface area contributed by atoms with Crippen molar-refractivity contribution in [3.05, 3.63) is 29.3 Å². The molecule has 1 saturated heterocycles. The first-order valence-electron chi connectivity index (χ1n) is 6.34. The zero-order valence-electron chi connectivity index (χ0n) is 10.9. The van der Waals surface area contributed by atoms with E-state index in [9.17, 15) is 0 Å². The molecular weight excluding hydrogens is 232 g/mol. The molecule has 3 heteroatoms. The van der Waals surface area contributed by atoms with E-state index in [2.05, 4.69) is 42.7 Å². The molecule has 0 bridgehead atoms. The van der Waals surface area contributed by atoms with Crippen LogP contribution in [0.4, 0.5) is 5.69 Å². The summed E-state index contributed by atoms with van der Waals surface area (Å²) in [7, 11) is 0. The largest absolute Gasteiger partial charge is 0.369 e. The maximum Gasteiger partial charge on any atom is 0.0407 e. The van der Waals surface area contributed by atoms with Crippen LogP contribution >= 0.6 is 11.6 Å². The fraction of sp³-hybridized carbons (Fsp3) is 0.571. The molecule has 1 aliphatic heterocycles. The summed E-state index contributed by atoms with van der Waals surface area (Å²) in [6, 6.07) is 9.41. The lowest BCUT2D eigenvalue weighted by Crippen LogP contribution is -2.54. The molecule has 2 nitrogen and oxygen atoms in total. The Morgan fingerprint density at radius 1 is 1.18 bits per heavy atom. The van der Waals surface area contributed by atoms with E-state index in [0.29, 0.717) is 12.1 Å². The van der Waals surface area contributed by atoms with Gasteiger partial charge in [0.2, 0.25) is 0 Å². The lowest BCUT2D eigenvalue weighted by Gasteiger charge is -2.43. The highest BCUT2D eigenvalue weighted by molar-refractivity contribution is 6.30. The lowest BCUT2D eigenvalue weighted by atomic mass is 10.1. The van der Waals surface area contributed by atoms with Crippen LogP contribution < -0.4 is 4.90 Å². The second-order valence-electron chi connectivity index (χ2n) is 5.10. The Morgan fingerprint density at radius 3 is 2.35 bits per heavy atom. The standard InChI is InChI=1S/C14H21ClN2/c1-11(2)17-9-8-16(10-12(17)3)14-6-4-13(15)5-7-14/h4-7,11-12H,8-10H2,1-3H3/t12-/m1/s1. The van der Waals surface area contributed by atoms with Gasteiger partial charge in [0, 0.05) is 42.4 Å². The summed E-state index contributed by atoms with van der Waals surface area (Å²) in [5.74, 6) is 0. The van der Waals surface area contributed by atoms with E-state index in [-0.39, 0.29) is 0 Å². The molecule has 0 radical (unpaired) electrons. The molecule has 17 heavy (non-hydrogen) atoms. The van der Waals surface area contributed by atoms with Crippen LogP contribution in [0, 0.1) is 0 Å². The van der Waals surface area contributed by atoms with Crippen LogP contribution in [0.15, 0.2) is 24.3 Å². The Labute approximate surface area is 109 Å². The van der Waals surface area contributed by atoms with E-state index >= 15 is 0 Å². The molecule has 1 heterocycles. The molecule has 1 aromatic carbocycles. The molecule has 2 rings (SSSR count). The van der Waals surface area contributed by atoms with E-state index in [0.717, 1.165) is 24.7 Å². The average Bonchev–Trinajstić information content (AvgIpc) is 2.29. The van der Waals surface area contributed by atoms with Gasteiger partial charge in [-0.05, 0) is 45.0 Å². The minimum atomic E-state index is 0.611. The Balaban J connectivity index is 2.04. The maximum atomic E-state index is 5.92. The third-order valence-electron chi connectivity index (χ3n) is 3.53. The molecule has 0 unspecified atom stereocenters. The van der Waals surface area contributed by atoms with Gasteiger partial charge >= 0.3 is 0 Å². The number of benzene rings is 1. The predicted molar refractivity (Wildman–Crippen MR) is 75.0 cm³/mol. The number of halogens is 1. The van der Waals surface area contributed by atoms with Crippen LogP contribution in [0.25, 0.3) is 0 Å². The molecule has 0 aliphatic carbocycles. The van der Waals surface area contributed by atoms with Gasteiger partial charge in [0.25, 0.3) is 0 Å². The van der Waals surface area contributed by atoms with E-state index in [1.807, 2.05) is 12.1 Å². The van der Waals surface area contributed by atoms with Crippen molar-refractivity contribution in [2.75, 3.05) is 24.5 Å². The van der Waals surface area contributed by atoms with Gasteiger partial charge in [-0.3, -0.25) is 4.90 Å². The second kappa shape index (κ2) is 5.28. The van der Waals surface area contributed by atoms with Crippen LogP contribution in [0.5, 0.6) is 0 Å². The normalized spacial score (nSPS) is 22.2. The molecule has 94 valence electrons. The van der Waals surface area contributed by atoms with Crippen LogP contribution in [-0.2, 0) is 0 Å². The van der Waals surface area contributed by atoms with Gasteiger partial charge in [0.1, 0.15) is 0 Å². The first-order valence-corrected chi connectivity index (χ1v) is 6.72. The number of piperazine rings is 1. The monoisotopic (exact) mass is 252 g/mol. The number of hydrogen-bond donors (Lipinski definition) is 0. The molecule has 1 aromatic rings. The average molecular weight is 253 g/mol. The van der Waals surface area contributed by atoms with Gasteiger partial charge in [-0.25, -0.2) is 0 Å². The SMILES string of the molecule is CC(C)N1CCN(c2ccc(Cl)cc2)C[C@H]1C. The predicted octanol–water partition coefficient (Wildman–Crippen LogP) is 3.26. The molecular formula is C14H21ClN2. The molecule has 0 amide bonds. The summed E-state index contributed by atoms with van der Waals surface area (Å²) in [5, 5.41) is 0.808. The van der Waals surface area contributed by atoms with E-state index < -0.39 is 0 Å². The van der Waals surface area contributed by atoms with Crippen molar-refractivity contribution < 1.29 is 0 Å². The van der Waals surface area contributed by atoms with Gasteiger partial charge in [-0.1, -0.05) is 11.6 Å². The van der Waals surface area contributed by atoms with Gasteiger partial charge in [0.15, 0.2) is 0 Å². The van der Waals surface area contributed by atoms with Crippen LogP contribution in [0.2, 0.25) is 5.02 Å². The zero-order chi connectivity index (χ0) is 12.4. The Morgan fingerprint density at radius 2 is 1.82 bits per heavy atom. The summed E-state index contributed by atoms with van der Waals surface area (Å²) in [5.41, 5.74) is 1.28. The van der Waals surface area contributed by atoms with Crippen LogP contribution in [0.1, 0.15) is 20.8 Å². The highest BCUT2D eigenvalue weighted by Gasteiger charge is 2.25. The lowest BCUT2D eigenvalue weighted by molar-refractivity contribution is 0.148. The quantitative estimate of drug-likeness (QED) is 0.797. The topological polar surface area (TPSA) is 6.48 Å². The number of hydrogen-bond acceptors (Lipinski definition) is 2. The zero-order valence-corrected chi connectivity index (χ0v) is 11.6. The number of nitrogens with zero attached hydrogens (tertiary/aromatic N) is 2. The molecule has 1 atom stereocenters. The van der Waals surface area contributed by atoms with Crippen molar-refractivity contribution in [1.82, 2.24) is 4.90 Å². The van der Waals surface area contributed by atoms with Crippen LogP contribution in [-0.4, -0.2) is 36.6 Å². The number of rotatable bonds is 2. The maximum absolute atomic E-state index is 5.92. The molecule has 1 aliphatic rings. The van der Waals surface area contributed by atoms with Crippen molar-refractivity contribution in [2.24, 2.45) is 0 Å². The van der Waals surface area contributed by atoms with Crippen molar-refractivity contribution in [1.29, 1.82) is 0 Å². The van der Waals surface area contributed by atoms with Crippen molar-refractivity contribution in [2.45, 2.75) is 32.9 Å². The highest BCUT2D eigenvalue weighted by atomic mass is 35.5. The fourth-order valence-corrected chi connectivity index (χ4v) is 2.75. The van der Waals surface area contributed by atoms with Gasteiger partial charge < -0.3 is 4.90 Å². The Hall–Kier alpha value is -0.730. The summed E-state index contributed by atoms with van der Waals surface area (Å²) >= 11 is 5.92. The molecule has 0 N–H and O–H groups in total. The van der Waals surface area contributed by atoms with E-state index in [1.165, 1.54) is 5.69 Å². The van der Waals surface area contributed by atoms with Gasteiger partial charge in [0.05, 0.1) is 0 Å². The molecule has 0 saturated carbocycles. The Kier molecular flexibility index (Phi) is 3.95. The van der Waals surface area contributed by atoms with Crippen LogP contribution in [0.3, 0.4) is 0 Å². The summed E-state index contributed by atoms with van der Waals surface area (Å²) < 4.78 is 0. The minimum Gasteiger partial charge on any atom is -0.369 e. The molecule has 0 aromatic heterocycles. The smallest absolute Gasteiger partial charge is 0.0407 e. The van der Waals surface area contributed by atoms with Crippen molar-refractivity contribution >= 4 is 17.3 Å².